The van der Waals surface area contributed by atoms with E-state index >= 15 is 0 Å². The van der Waals surface area contributed by atoms with Crippen LogP contribution in [0.25, 0.3) is 0 Å². The number of carbonyl (C=O) groups is 1. The van der Waals surface area contributed by atoms with Gasteiger partial charge in [-0.25, -0.2) is 0 Å². The molecule has 1 aliphatic rings. The second-order valence-corrected chi connectivity index (χ2v) is 4.87. The van der Waals surface area contributed by atoms with Gasteiger partial charge in [-0.2, -0.15) is 5.10 Å². The molecule has 1 saturated heterocycles. The first kappa shape index (κ1) is 12.1. The van der Waals surface area contributed by atoms with E-state index in [0.717, 1.165) is 42.8 Å². The number of nitrogens with one attached hydrogen (secondary N) is 1. The summed E-state index contributed by atoms with van der Waals surface area (Å²) in [6.45, 7) is 6.85. The lowest BCUT2D eigenvalue weighted by molar-refractivity contribution is 0.0606. The first-order valence-corrected chi connectivity index (χ1v) is 6.47. The molecular formula is C13H21N3O. The fourth-order valence-electron chi connectivity index (χ4n) is 2.70. The number of carbonyl (C=O) groups excluding carboxylic acids is 1. The fraction of sp³-hybridized carbons (Fsp3) is 0.692. The number of nitrogens with zero attached hydrogens (tertiary/aromatic N) is 2. The molecule has 1 N–H and O–H groups in total. The van der Waals surface area contributed by atoms with Gasteiger partial charge in [0, 0.05) is 18.3 Å². The molecule has 1 atom stereocenters. The van der Waals surface area contributed by atoms with E-state index in [1.54, 1.807) is 0 Å². The van der Waals surface area contributed by atoms with Crippen molar-refractivity contribution in [3.05, 3.63) is 17.0 Å². The first-order valence-electron chi connectivity index (χ1n) is 6.47. The summed E-state index contributed by atoms with van der Waals surface area (Å²) in [6.07, 6.45) is 4.55. The van der Waals surface area contributed by atoms with Crippen LogP contribution in [0.4, 0.5) is 0 Å². The van der Waals surface area contributed by atoms with Crippen LogP contribution in [0.3, 0.4) is 0 Å². The van der Waals surface area contributed by atoms with Crippen molar-refractivity contribution in [2.75, 3.05) is 6.54 Å². The highest BCUT2D eigenvalue weighted by Gasteiger charge is 2.28. The van der Waals surface area contributed by atoms with Crippen molar-refractivity contribution in [2.24, 2.45) is 0 Å². The number of piperidine rings is 1. The number of rotatable bonds is 2. The number of aromatic nitrogens is 2. The van der Waals surface area contributed by atoms with E-state index in [9.17, 15) is 4.79 Å². The highest BCUT2D eigenvalue weighted by molar-refractivity contribution is 5.96. The van der Waals surface area contributed by atoms with Crippen LogP contribution in [0, 0.1) is 13.8 Å². The zero-order valence-corrected chi connectivity index (χ0v) is 10.9. The lowest BCUT2D eigenvalue weighted by Crippen LogP contribution is -2.43. The maximum atomic E-state index is 12.5. The molecule has 94 valence electrons. The van der Waals surface area contributed by atoms with Gasteiger partial charge >= 0.3 is 0 Å². The summed E-state index contributed by atoms with van der Waals surface area (Å²) in [6, 6.07) is 0.407. The van der Waals surface area contributed by atoms with Gasteiger partial charge < -0.3 is 4.90 Å². The van der Waals surface area contributed by atoms with Crippen LogP contribution in [0.1, 0.15) is 54.4 Å². The SMILES string of the molecule is CCC1CCCCN1C(=O)c1c(C)n[nH]c1C. The molecule has 4 heteroatoms. The van der Waals surface area contributed by atoms with Crippen LogP contribution in [0.15, 0.2) is 0 Å². The Labute approximate surface area is 102 Å². The number of likely N-dealkylation sites (tertiary alicyclic amines) is 1. The first-order chi connectivity index (χ1) is 8.15. The third-order valence-corrected chi connectivity index (χ3v) is 3.70. The minimum absolute atomic E-state index is 0.153. The fourth-order valence-corrected chi connectivity index (χ4v) is 2.70. The Balaban J connectivity index is 2.24. The highest BCUT2D eigenvalue weighted by Crippen LogP contribution is 2.23. The van der Waals surface area contributed by atoms with Crippen molar-refractivity contribution in [1.82, 2.24) is 15.1 Å². The number of H-pyrrole nitrogens is 1. The molecule has 0 saturated carbocycles. The normalized spacial score (nSPS) is 20.6. The molecule has 1 unspecified atom stereocenters. The maximum absolute atomic E-state index is 12.5. The Bertz CT molecular complexity index is 391. The number of hydrogen-bond acceptors (Lipinski definition) is 2. The summed E-state index contributed by atoms with van der Waals surface area (Å²) in [5.74, 6) is 0.153. The zero-order chi connectivity index (χ0) is 12.4. The molecule has 1 aromatic rings. The summed E-state index contributed by atoms with van der Waals surface area (Å²) >= 11 is 0. The van der Waals surface area contributed by atoms with E-state index in [-0.39, 0.29) is 5.91 Å². The lowest BCUT2D eigenvalue weighted by Gasteiger charge is -2.35. The van der Waals surface area contributed by atoms with Gasteiger partial charge in [-0.3, -0.25) is 9.89 Å². The Morgan fingerprint density at radius 2 is 2.24 bits per heavy atom. The number of aromatic amines is 1. The molecule has 4 nitrogen and oxygen atoms in total. The quantitative estimate of drug-likeness (QED) is 0.856. The van der Waals surface area contributed by atoms with Crippen molar-refractivity contribution in [2.45, 2.75) is 52.5 Å². The largest absolute Gasteiger partial charge is 0.336 e. The molecule has 2 rings (SSSR count). The van der Waals surface area contributed by atoms with E-state index in [1.807, 2.05) is 18.7 Å². The molecule has 0 radical (unpaired) electrons. The molecule has 0 aliphatic carbocycles. The highest BCUT2D eigenvalue weighted by atomic mass is 16.2. The predicted octanol–water partition coefficient (Wildman–Crippen LogP) is 2.43. The Morgan fingerprint density at radius 1 is 1.47 bits per heavy atom. The minimum atomic E-state index is 0.153. The summed E-state index contributed by atoms with van der Waals surface area (Å²) in [5, 5.41) is 7.00. The van der Waals surface area contributed by atoms with Crippen molar-refractivity contribution < 1.29 is 4.79 Å². The molecular weight excluding hydrogens is 214 g/mol. The number of hydrogen-bond donors (Lipinski definition) is 1. The molecule has 1 amide bonds. The van der Waals surface area contributed by atoms with Crippen LogP contribution >= 0.6 is 0 Å². The van der Waals surface area contributed by atoms with Gasteiger partial charge in [0.15, 0.2) is 0 Å². The van der Waals surface area contributed by atoms with E-state index in [0.29, 0.717) is 6.04 Å². The van der Waals surface area contributed by atoms with Gasteiger partial charge in [0.1, 0.15) is 0 Å². The predicted molar refractivity (Wildman–Crippen MR) is 67.0 cm³/mol. The number of aryl methyl sites for hydroxylation is 2. The maximum Gasteiger partial charge on any atom is 0.257 e. The van der Waals surface area contributed by atoms with Crippen molar-refractivity contribution in [3.63, 3.8) is 0 Å². The zero-order valence-electron chi connectivity index (χ0n) is 10.9. The van der Waals surface area contributed by atoms with Crippen LogP contribution in [-0.4, -0.2) is 33.6 Å². The van der Waals surface area contributed by atoms with Crippen LogP contribution in [-0.2, 0) is 0 Å². The third-order valence-electron chi connectivity index (χ3n) is 3.70. The molecule has 2 heterocycles. The summed E-state index contributed by atoms with van der Waals surface area (Å²) < 4.78 is 0. The van der Waals surface area contributed by atoms with Crippen LogP contribution < -0.4 is 0 Å². The van der Waals surface area contributed by atoms with Crippen molar-refractivity contribution in [1.29, 1.82) is 0 Å². The van der Waals surface area contributed by atoms with Gasteiger partial charge in [0.25, 0.3) is 5.91 Å². The van der Waals surface area contributed by atoms with Crippen molar-refractivity contribution in [3.8, 4) is 0 Å². The number of amides is 1. The van der Waals surface area contributed by atoms with E-state index in [1.165, 1.54) is 6.42 Å². The smallest absolute Gasteiger partial charge is 0.257 e. The van der Waals surface area contributed by atoms with E-state index in [4.69, 9.17) is 0 Å². The van der Waals surface area contributed by atoms with Crippen LogP contribution in [0.5, 0.6) is 0 Å². The van der Waals surface area contributed by atoms with E-state index < -0.39 is 0 Å². The monoisotopic (exact) mass is 235 g/mol. The summed E-state index contributed by atoms with van der Waals surface area (Å²) in [7, 11) is 0. The van der Waals surface area contributed by atoms with Crippen LogP contribution in [0.2, 0.25) is 0 Å². The Morgan fingerprint density at radius 3 is 2.82 bits per heavy atom. The average molecular weight is 235 g/mol. The second kappa shape index (κ2) is 4.90. The summed E-state index contributed by atoms with van der Waals surface area (Å²) in [4.78, 5) is 14.6. The Hall–Kier alpha value is -1.32. The van der Waals surface area contributed by atoms with Crippen molar-refractivity contribution >= 4 is 5.91 Å². The molecule has 17 heavy (non-hydrogen) atoms. The Kier molecular flexibility index (Phi) is 3.50. The molecule has 0 aromatic carbocycles. The molecule has 1 fully saturated rings. The minimum Gasteiger partial charge on any atom is -0.336 e. The molecule has 0 bridgehead atoms. The van der Waals surface area contributed by atoms with E-state index in [2.05, 4.69) is 17.1 Å². The third kappa shape index (κ3) is 2.21. The van der Waals surface area contributed by atoms with Gasteiger partial charge in [-0.1, -0.05) is 6.92 Å². The topological polar surface area (TPSA) is 49.0 Å². The molecule has 1 aromatic heterocycles. The second-order valence-electron chi connectivity index (χ2n) is 4.87. The van der Waals surface area contributed by atoms with Gasteiger partial charge in [0.05, 0.1) is 11.3 Å². The average Bonchev–Trinajstić information content (AvgIpc) is 2.68. The summed E-state index contributed by atoms with van der Waals surface area (Å²) in [5.41, 5.74) is 2.46. The lowest BCUT2D eigenvalue weighted by atomic mass is 9.98. The molecule has 0 spiro atoms. The van der Waals surface area contributed by atoms with Gasteiger partial charge in [-0.15, -0.1) is 0 Å². The standard InChI is InChI=1S/C13H21N3O/c1-4-11-7-5-6-8-16(11)13(17)12-9(2)14-15-10(12)3/h11H,4-8H2,1-3H3,(H,14,15). The van der Waals surface area contributed by atoms with Gasteiger partial charge in [0.2, 0.25) is 0 Å². The van der Waals surface area contributed by atoms with Gasteiger partial charge in [-0.05, 0) is 39.5 Å². The molecule has 1 aliphatic heterocycles.